The van der Waals surface area contributed by atoms with Gasteiger partial charge in [-0.1, -0.05) is 0 Å². The highest BCUT2D eigenvalue weighted by molar-refractivity contribution is 6.04. The summed E-state index contributed by atoms with van der Waals surface area (Å²) in [5, 5.41) is 14.4. The Morgan fingerprint density at radius 1 is 1.03 bits per heavy atom. The molecule has 0 aliphatic heterocycles. The minimum absolute atomic E-state index is 0.279. The Morgan fingerprint density at radius 3 is 2.41 bits per heavy atom. The maximum atomic E-state index is 12.8. The van der Waals surface area contributed by atoms with Crippen molar-refractivity contribution in [3.8, 4) is 22.9 Å². The number of carbonyl (C=O) groups excluding carboxylic acids is 1. The first-order chi connectivity index (χ1) is 14.1. The van der Waals surface area contributed by atoms with Gasteiger partial charge in [-0.15, -0.1) is 5.10 Å². The largest absolute Gasteiger partial charge is 0.494 e. The van der Waals surface area contributed by atoms with Crippen LogP contribution >= 0.6 is 0 Å². The first kappa shape index (κ1) is 20.1. The normalized spacial score (nSPS) is 10.5. The molecule has 0 saturated heterocycles. The molecule has 0 aliphatic carbocycles. The zero-order valence-electron chi connectivity index (χ0n) is 16.8. The lowest BCUT2D eigenvalue weighted by atomic mass is 10.1. The van der Waals surface area contributed by atoms with Gasteiger partial charge in [-0.2, -0.15) is 4.68 Å². The SMILES string of the molecule is CCOc1ccc(C(=O)Nc2ccc(OC)c(-n3nnnc3C)c2)cc1OCC. The number of nitrogens with one attached hydrogen (secondary N) is 1. The van der Waals surface area contributed by atoms with Crippen molar-refractivity contribution in [2.24, 2.45) is 0 Å². The Labute approximate surface area is 168 Å². The fourth-order valence-electron chi connectivity index (χ4n) is 2.78. The van der Waals surface area contributed by atoms with Crippen molar-refractivity contribution in [2.45, 2.75) is 20.8 Å². The van der Waals surface area contributed by atoms with E-state index in [9.17, 15) is 4.79 Å². The molecule has 152 valence electrons. The number of tetrazole rings is 1. The topological polar surface area (TPSA) is 100 Å². The van der Waals surface area contributed by atoms with E-state index in [0.717, 1.165) is 0 Å². The number of aromatic nitrogens is 4. The summed E-state index contributed by atoms with van der Waals surface area (Å²) in [5.74, 6) is 2.03. The van der Waals surface area contributed by atoms with Crippen LogP contribution in [0.1, 0.15) is 30.0 Å². The molecule has 3 rings (SSSR count). The predicted octanol–water partition coefficient (Wildman–Crippen LogP) is 3.03. The highest BCUT2D eigenvalue weighted by atomic mass is 16.5. The maximum absolute atomic E-state index is 12.8. The molecule has 0 saturated carbocycles. The molecule has 0 bridgehead atoms. The zero-order valence-corrected chi connectivity index (χ0v) is 16.8. The predicted molar refractivity (Wildman–Crippen MR) is 107 cm³/mol. The molecule has 0 unspecified atom stereocenters. The van der Waals surface area contributed by atoms with E-state index in [1.54, 1.807) is 55.1 Å². The van der Waals surface area contributed by atoms with Crippen LogP contribution in [0.4, 0.5) is 5.69 Å². The third-order valence-electron chi connectivity index (χ3n) is 4.10. The van der Waals surface area contributed by atoms with Gasteiger partial charge in [-0.05, 0) is 67.6 Å². The van der Waals surface area contributed by atoms with Gasteiger partial charge in [0.15, 0.2) is 17.3 Å². The monoisotopic (exact) mass is 397 g/mol. The number of methoxy groups -OCH3 is 1. The lowest BCUT2D eigenvalue weighted by molar-refractivity contribution is 0.102. The summed E-state index contributed by atoms with van der Waals surface area (Å²) in [6.07, 6.45) is 0. The van der Waals surface area contributed by atoms with Gasteiger partial charge in [-0.3, -0.25) is 4.79 Å². The van der Waals surface area contributed by atoms with E-state index < -0.39 is 0 Å². The smallest absolute Gasteiger partial charge is 0.255 e. The van der Waals surface area contributed by atoms with Crippen molar-refractivity contribution < 1.29 is 19.0 Å². The molecular formula is C20H23N5O4. The number of hydrogen-bond donors (Lipinski definition) is 1. The highest BCUT2D eigenvalue weighted by Crippen LogP contribution is 2.30. The van der Waals surface area contributed by atoms with Crippen molar-refractivity contribution in [1.82, 2.24) is 20.2 Å². The minimum atomic E-state index is -0.279. The zero-order chi connectivity index (χ0) is 20.8. The second kappa shape index (κ2) is 9.05. The number of anilines is 1. The summed E-state index contributed by atoms with van der Waals surface area (Å²) in [4.78, 5) is 12.8. The number of carbonyl (C=O) groups is 1. The standard InChI is InChI=1S/C20H23N5O4/c1-5-28-18-9-7-14(11-19(18)29-6-2)20(26)21-15-8-10-17(27-4)16(12-15)25-13(3)22-23-24-25/h7-12H,5-6H2,1-4H3,(H,21,26). The van der Waals surface area contributed by atoms with E-state index in [1.807, 2.05) is 13.8 Å². The van der Waals surface area contributed by atoms with Crippen molar-refractivity contribution in [3.63, 3.8) is 0 Å². The van der Waals surface area contributed by atoms with Crippen LogP contribution in [0, 0.1) is 6.92 Å². The Bertz CT molecular complexity index is 1000. The van der Waals surface area contributed by atoms with Crippen molar-refractivity contribution in [2.75, 3.05) is 25.6 Å². The molecular weight excluding hydrogens is 374 g/mol. The molecule has 2 aromatic carbocycles. The summed E-state index contributed by atoms with van der Waals surface area (Å²) in [6.45, 7) is 6.53. The second-order valence-electron chi connectivity index (χ2n) is 6.01. The third-order valence-corrected chi connectivity index (χ3v) is 4.10. The van der Waals surface area contributed by atoms with Crippen molar-refractivity contribution in [3.05, 3.63) is 47.8 Å². The Balaban J connectivity index is 1.87. The van der Waals surface area contributed by atoms with Crippen LogP contribution in [-0.2, 0) is 0 Å². The summed E-state index contributed by atoms with van der Waals surface area (Å²) < 4.78 is 18.1. The maximum Gasteiger partial charge on any atom is 0.255 e. The second-order valence-corrected chi connectivity index (χ2v) is 6.01. The first-order valence-corrected chi connectivity index (χ1v) is 9.21. The highest BCUT2D eigenvalue weighted by Gasteiger charge is 2.15. The van der Waals surface area contributed by atoms with Crippen LogP contribution in [0.25, 0.3) is 5.69 Å². The number of ether oxygens (including phenoxy) is 3. The van der Waals surface area contributed by atoms with Gasteiger partial charge in [0.2, 0.25) is 0 Å². The molecule has 3 aromatic rings. The molecule has 29 heavy (non-hydrogen) atoms. The quantitative estimate of drug-likeness (QED) is 0.623. The van der Waals surface area contributed by atoms with Crippen LogP contribution in [0.15, 0.2) is 36.4 Å². The number of hydrogen-bond acceptors (Lipinski definition) is 7. The summed E-state index contributed by atoms with van der Waals surface area (Å²) in [7, 11) is 1.56. The summed E-state index contributed by atoms with van der Waals surface area (Å²) >= 11 is 0. The van der Waals surface area contributed by atoms with Gasteiger partial charge in [-0.25, -0.2) is 0 Å². The van der Waals surface area contributed by atoms with E-state index >= 15 is 0 Å². The van der Waals surface area contributed by atoms with Gasteiger partial charge in [0.05, 0.1) is 20.3 Å². The van der Waals surface area contributed by atoms with Crippen LogP contribution in [0.3, 0.4) is 0 Å². The lowest BCUT2D eigenvalue weighted by Gasteiger charge is -2.14. The number of nitrogens with zero attached hydrogens (tertiary/aromatic N) is 4. The average Bonchev–Trinajstić information content (AvgIpc) is 3.15. The molecule has 0 atom stereocenters. The molecule has 9 nitrogen and oxygen atoms in total. The average molecular weight is 397 g/mol. The van der Waals surface area contributed by atoms with Gasteiger partial charge in [0, 0.05) is 11.3 Å². The molecule has 1 amide bonds. The van der Waals surface area contributed by atoms with E-state index in [-0.39, 0.29) is 5.91 Å². The van der Waals surface area contributed by atoms with Gasteiger partial charge < -0.3 is 19.5 Å². The lowest BCUT2D eigenvalue weighted by Crippen LogP contribution is -2.13. The molecule has 0 fully saturated rings. The van der Waals surface area contributed by atoms with Crippen LogP contribution in [0.5, 0.6) is 17.2 Å². The summed E-state index contributed by atoms with van der Waals surface area (Å²) in [5.41, 5.74) is 1.65. The van der Waals surface area contributed by atoms with Gasteiger partial charge in [0.25, 0.3) is 5.91 Å². The van der Waals surface area contributed by atoms with E-state index in [2.05, 4.69) is 20.8 Å². The van der Waals surface area contributed by atoms with Crippen molar-refractivity contribution >= 4 is 11.6 Å². The number of aryl methyl sites for hydroxylation is 1. The molecule has 0 spiro atoms. The van der Waals surface area contributed by atoms with Crippen molar-refractivity contribution in [1.29, 1.82) is 0 Å². The molecule has 9 heteroatoms. The Hall–Kier alpha value is -3.62. The molecule has 0 radical (unpaired) electrons. The fraction of sp³-hybridized carbons (Fsp3) is 0.300. The molecule has 1 N–H and O–H groups in total. The van der Waals surface area contributed by atoms with Gasteiger partial charge in [0.1, 0.15) is 11.4 Å². The third kappa shape index (κ3) is 4.45. The molecule has 1 aromatic heterocycles. The fourth-order valence-corrected chi connectivity index (χ4v) is 2.78. The number of rotatable bonds is 8. The first-order valence-electron chi connectivity index (χ1n) is 9.21. The Morgan fingerprint density at radius 2 is 1.76 bits per heavy atom. The van der Waals surface area contributed by atoms with Crippen LogP contribution in [-0.4, -0.2) is 46.4 Å². The number of benzene rings is 2. The minimum Gasteiger partial charge on any atom is -0.494 e. The number of amides is 1. The molecule has 1 heterocycles. The molecule has 0 aliphatic rings. The van der Waals surface area contributed by atoms with E-state index in [1.165, 1.54) is 0 Å². The van der Waals surface area contributed by atoms with E-state index in [0.29, 0.717) is 53.2 Å². The summed E-state index contributed by atoms with van der Waals surface area (Å²) in [6, 6.07) is 10.3. The van der Waals surface area contributed by atoms with Gasteiger partial charge >= 0.3 is 0 Å². The van der Waals surface area contributed by atoms with Crippen LogP contribution in [0.2, 0.25) is 0 Å². The van der Waals surface area contributed by atoms with E-state index in [4.69, 9.17) is 14.2 Å². The Kier molecular flexibility index (Phi) is 6.28. The van der Waals surface area contributed by atoms with Crippen LogP contribution < -0.4 is 19.5 Å².